The van der Waals surface area contributed by atoms with E-state index in [1.54, 1.807) is 6.92 Å². The van der Waals surface area contributed by atoms with Crippen molar-refractivity contribution in [2.24, 2.45) is 34.5 Å². The van der Waals surface area contributed by atoms with Gasteiger partial charge in [-0.1, -0.05) is 19.4 Å². The van der Waals surface area contributed by atoms with E-state index in [2.05, 4.69) is 13.8 Å². The number of rotatable bonds is 3. The van der Waals surface area contributed by atoms with Gasteiger partial charge in [0.2, 0.25) is 0 Å². The zero-order chi connectivity index (χ0) is 27.6. The average Bonchev–Trinajstić information content (AvgIpc) is 3.55. The second-order valence-electron chi connectivity index (χ2n) is 13.4. The molecule has 3 saturated carbocycles. The van der Waals surface area contributed by atoms with E-state index in [1.165, 1.54) is 19.1 Å². The van der Waals surface area contributed by atoms with Gasteiger partial charge in [-0.3, -0.25) is 9.59 Å². The number of epoxide rings is 1. The maximum absolute atomic E-state index is 13.5. The van der Waals surface area contributed by atoms with Crippen LogP contribution in [0, 0.1) is 34.5 Å². The van der Waals surface area contributed by atoms with Crippen LogP contribution in [0.15, 0.2) is 23.3 Å². The Morgan fingerprint density at radius 3 is 2.55 bits per heavy atom. The van der Waals surface area contributed by atoms with Crippen molar-refractivity contribution in [3.63, 3.8) is 0 Å². The lowest BCUT2D eigenvalue weighted by atomic mass is 9.42. The van der Waals surface area contributed by atoms with Gasteiger partial charge in [-0.2, -0.15) is 0 Å². The molecule has 1 saturated heterocycles. The molecule has 0 bridgehead atoms. The maximum atomic E-state index is 13.5. The lowest BCUT2D eigenvalue weighted by Crippen LogP contribution is -2.70. The number of carbonyl (C=O) groups excluding carboxylic acids is 3. The van der Waals surface area contributed by atoms with Crippen LogP contribution >= 0.6 is 0 Å². The summed E-state index contributed by atoms with van der Waals surface area (Å²) in [7, 11) is 0. The highest BCUT2D eigenvalue weighted by Crippen LogP contribution is 2.74. The second-order valence-corrected chi connectivity index (χ2v) is 13.4. The first-order valence-corrected chi connectivity index (χ1v) is 14.1. The highest BCUT2D eigenvalue weighted by atomic mass is 16.6. The Hall–Kier alpha value is -2.03. The van der Waals surface area contributed by atoms with E-state index in [0.29, 0.717) is 37.7 Å². The van der Waals surface area contributed by atoms with Crippen molar-refractivity contribution >= 4 is 17.7 Å². The van der Waals surface area contributed by atoms with Gasteiger partial charge in [0.1, 0.15) is 29.5 Å². The summed E-state index contributed by atoms with van der Waals surface area (Å²) in [6, 6.07) is 0. The first kappa shape index (κ1) is 26.2. The van der Waals surface area contributed by atoms with Crippen LogP contribution in [0.1, 0.15) is 73.6 Å². The molecule has 0 aromatic rings. The Labute approximate surface area is 223 Å². The molecule has 8 heteroatoms. The summed E-state index contributed by atoms with van der Waals surface area (Å²) in [5, 5.41) is 23.8. The molecule has 0 aromatic carbocycles. The lowest BCUT2D eigenvalue weighted by Gasteiger charge is -2.61. The highest BCUT2D eigenvalue weighted by Gasteiger charge is 2.83. The molecule has 1 spiro atoms. The monoisotopic (exact) mass is 528 g/mol. The number of aliphatic hydroxyl groups is 2. The van der Waals surface area contributed by atoms with E-state index < -0.39 is 40.2 Å². The molecule has 8 nitrogen and oxygen atoms in total. The van der Waals surface area contributed by atoms with E-state index in [4.69, 9.17) is 14.2 Å². The number of ketones is 1. The molecule has 2 N–H and O–H groups in total. The third-order valence-corrected chi connectivity index (χ3v) is 12.1. The molecule has 0 radical (unpaired) electrons. The van der Waals surface area contributed by atoms with Crippen molar-refractivity contribution < 1.29 is 38.8 Å². The van der Waals surface area contributed by atoms with Gasteiger partial charge in [0.15, 0.2) is 5.78 Å². The van der Waals surface area contributed by atoms with Crippen molar-refractivity contribution in [3.05, 3.63) is 23.3 Å². The fourth-order valence-corrected chi connectivity index (χ4v) is 9.80. The highest BCUT2D eigenvalue weighted by molar-refractivity contribution is 5.98. The van der Waals surface area contributed by atoms with Gasteiger partial charge < -0.3 is 24.4 Å². The molecule has 1 unspecified atom stereocenters. The normalized spacial score (nSPS) is 51.8. The van der Waals surface area contributed by atoms with E-state index in [9.17, 15) is 24.6 Å². The van der Waals surface area contributed by atoms with Crippen LogP contribution in [-0.2, 0) is 28.6 Å². The fraction of sp³-hybridized carbons (Fsp3) is 0.767. The zero-order valence-corrected chi connectivity index (χ0v) is 23.2. The number of aliphatic hydroxyl groups excluding tert-OH is 1. The lowest BCUT2D eigenvalue weighted by molar-refractivity contribution is -0.234. The Morgan fingerprint density at radius 2 is 1.89 bits per heavy atom. The third-order valence-electron chi connectivity index (χ3n) is 12.1. The van der Waals surface area contributed by atoms with Gasteiger partial charge in [0, 0.05) is 24.3 Å². The molecule has 6 rings (SSSR count). The van der Waals surface area contributed by atoms with Gasteiger partial charge >= 0.3 is 11.9 Å². The molecular weight excluding hydrogens is 488 g/mol. The summed E-state index contributed by atoms with van der Waals surface area (Å²) in [4.78, 5) is 38.4. The number of hydrogen-bond donors (Lipinski definition) is 2. The number of allylic oxidation sites excluding steroid dienone is 1. The molecule has 0 aromatic heterocycles. The molecule has 208 valence electrons. The number of hydrogen-bond acceptors (Lipinski definition) is 8. The van der Waals surface area contributed by atoms with Crippen molar-refractivity contribution in [2.45, 2.75) is 109 Å². The van der Waals surface area contributed by atoms with Crippen LogP contribution in [0.5, 0.6) is 0 Å². The van der Waals surface area contributed by atoms with Gasteiger partial charge in [-0.25, -0.2) is 4.79 Å². The van der Waals surface area contributed by atoms with E-state index in [0.717, 1.165) is 5.57 Å². The Kier molecular flexibility index (Phi) is 5.53. The second kappa shape index (κ2) is 8.01. The van der Waals surface area contributed by atoms with Crippen molar-refractivity contribution in [3.8, 4) is 0 Å². The van der Waals surface area contributed by atoms with Crippen LogP contribution in [0.3, 0.4) is 0 Å². The van der Waals surface area contributed by atoms with Crippen molar-refractivity contribution in [2.75, 3.05) is 0 Å². The predicted octanol–water partition coefficient (Wildman–Crippen LogP) is 3.04. The average molecular weight is 529 g/mol. The predicted molar refractivity (Wildman–Crippen MR) is 135 cm³/mol. The van der Waals surface area contributed by atoms with E-state index in [1.807, 2.05) is 13.8 Å². The van der Waals surface area contributed by atoms with Gasteiger partial charge in [0.05, 0.1) is 11.5 Å². The first-order valence-electron chi connectivity index (χ1n) is 14.1. The summed E-state index contributed by atoms with van der Waals surface area (Å²) < 4.78 is 18.0. The van der Waals surface area contributed by atoms with Gasteiger partial charge in [-0.05, 0) is 82.3 Å². The van der Waals surface area contributed by atoms with Crippen molar-refractivity contribution in [1.82, 2.24) is 0 Å². The Balaban J connectivity index is 1.40. The standard InChI is InChI=1S/C30H40O8/c1-14-11-21(37-26(34)15(14)2)16(3)19-12-24(36-17(4)31)29(35)20-13-25-30(38-25)23(33)8-7-22(32)28(30,6)18(20)9-10-27(19,29)5/h7-8,16,18-21,23-25,33,35H,9-13H2,1-6H3/t16?,18-,19+,20+,21+,23-,24-,25+,27+,28-,29+,30+/m0/s1. The number of esters is 2. The molecule has 38 heavy (non-hydrogen) atoms. The quantitative estimate of drug-likeness (QED) is 0.423. The number of fused-ring (bicyclic) bond motifs is 4. The van der Waals surface area contributed by atoms with Crippen molar-refractivity contribution in [1.29, 1.82) is 0 Å². The minimum absolute atomic E-state index is 0.0750. The van der Waals surface area contributed by atoms with E-state index in [-0.39, 0.29) is 47.6 Å². The zero-order valence-electron chi connectivity index (χ0n) is 23.2. The Bertz CT molecular complexity index is 1170. The summed E-state index contributed by atoms with van der Waals surface area (Å²) in [5.74, 6) is -1.57. The van der Waals surface area contributed by atoms with Gasteiger partial charge in [-0.15, -0.1) is 0 Å². The molecule has 2 heterocycles. The molecule has 4 fully saturated rings. The topological polar surface area (TPSA) is 123 Å². The first-order chi connectivity index (χ1) is 17.7. The number of carbonyl (C=O) groups is 3. The van der Waals surface area contributed by atoms with Crippen LogP contribution in [0.4, 0.5) is 0 Å². The van der Waals surface area contributed by atoms with Gasteiger partial charge in [0.25, 0.3) is 0 Å². The minimum Gasteiger partial charge on any atom is -0.459 e. The molecular formula is C30H40O8. The maximum Gasteiger partial charge on any atom is 0.333 e. The molecule has 6 aliphatic rings. The summed E-state index contributed by atoms with van der Waals surface area (Å²) in [6.07, 6.45) is 3.58. The SMILES string of the molecule is CC(=O)O[C@H]1C[C@H](C(C)[C@H]2CC(C)=C(C)C(=O)O2)[C@@]2(C)CC[C@H]3[C@@H](C[C@H]4O[C@]45[C@@H](O)C=CC(=O)[C@]35C)[C@@]12O. The number of ether oxygens (including phenoxy) is 3. The van der Waals surface area contributed by atoms with Crippen LogP contribution in [-0.4, -0.2) is 63.6 Å². The molecule has 12 atom stereocenters. The fourth-order valence-electron chi connectivity index (χ4n) is 9.80. The van der Waals surface area contributed by atoms with Crippen LogP contribution in [0.25, 0.3) is 0 Å². The molecule has 2 aliphatic heterocycles. The third kappa shape index (κ3) is 2.95. The van der Waals surface area contributed by atoms with Crippen LogP contribution in [0.2, 0.25) is 0 Å². The smallest absolute Gasteiger partial charge is 0.333 e. The van der Waals surface area contributed by atoms with E-state index >= 15 is 0 Å². The minimum atomic E-state index is -1.40. The Morgan fingerprint density at radius 1 is 1.18 bits per heavy atom. The summed E-state index contributed by atoms with van der Waals surface area (Å²) >= 11 is 0. The number of cyclic esters (lactones) is 1. The summed E-state index contributed by atoms with van der Waals surface area (Å²) in [5.41, 5.74) is -2.30. The van der Waals surface area contributed by atoms with Crippen LogP contribution < -0.4 is 0 Å². The largest absolute Gasteiger partial charge is 0.459 e. The summed E-state index contributed by atoms with van der Waals surface area (Å²) in [6.45, 7) is 11.2. The molecule has 0 amide bonds. The molecule has 4 aliphatic carbocycles.